The van der Waals surface area contributed by atoms with Crippen LogP contribution in [-0.4, -0.2) is 61.3 Å². The number of aromatic nitrogens is 1. The summed E-state index contributed by atoms with van der Waals surface area (Å²) in [6, 6.07) is 0. The third-order valence-corrected chi connectivity index (χ3v) is 6.71. The van der Waals surface area contributed by atoms with Crippen molar-refractivity contribution in [3.05, 3.63) is 16.1 Å². The Morgan fingerprint density at radius 2 is 2.00 bits per heavy atom. The van der Waals surface area contributed by atoms with Gasteiger partial charge in [-0.15, -0.1) is 11.3 Å². The molecule has 2 aliphatic rings. The van der Waals surface area contributed by atoms with Crippen LogP contribution in [0.4, 0.5) is 0 Å². The molecule has 0 radical (unpaired) electrons. The summed E-state index contributed by atoms with van der Waals surface area (Å²) in [6.45, 7) is 9.84. The molecule has 6 nitrogen and oxygen atoms in total. The van der Waals surface area contributed by atoms with Crippen molar-refractivity contribution in [3.63, 3.8) is 0 Å². The Morgan fingerprint density at radius 3 is 2.63 bits per heavy atom. The Hall–Kier alpha value is -1.18. The first-order valence-electron chi connectivity index (χ1n) is 10.3. The highest BCUT2D eigenvalue weighted by molar-refractivity contribution is 7.09. The number of hydrogen-bond acceptors (Lipinski definition) is 5. The lowest BCUT2D eigenvalue weighted by Crippen LogP contribution is -2.60. The molecule has 0 bridgehead atoms. The van der Waals surface area contributed by atoms with Crippen LogP contribution >= 0.6 is 11.3 Å². The lowest BCUT2D eigenvalue weighted by Gasteiger charge is -2.48. The topological polar surface area (TPSA) is 61.8 Å². The number of thiazole rings is 1. The van der Waals surface area contributed by atoms with Gasteiger partial charge in [-0.3, -0.25) is 9.89 Å². The highest BCUT2D eigenvalue weighted by atomic mass is 32.1. The molecule has 1 aromatic rings. The van der Waals surface area contributed by atoms with Crippen molar-refractivity contribution in [3.8, 4) is 0 Å². The molecule has 152 valence electrons. The zero-order valence-electron chi connectivity index (χ0n) is 17.1. The molecule has 1 aromatic heterocycles. The predicted octanol–water partition coefficient (Wildman–Crippen LogP) is 2.97. The summed E-state index contributed by atoms with van der Waals surface area (Å²) in [4.78, 5) is 11.8. The van der Waals surface area contributed by atoms with Crippen molar-refractivity contribution < 1.29 is 4.74 Å². The van der Waals surface area contributed by atoms with Gasteiger partial charge in [0.05, 0.1) is 25.5 Å². The molecule has 7 heteroatoms. The molecule has 1 saturated heterocycles. The highest BCUT2D eigenvalue weighted by Crippen LogP contribution is 2.33. The van der Waals surface area contributed by atoms with E-state index >= 15 is 0 Å². The maximum Gasteiger partial charge on any atom is 0.191 e. The van der Waals surface area contributed by atoms with Crippen molar-refractivity contribution in [1.29, 1.82) is 0 Å². The quantitative estimate of drug-likeness (QED) is 0.575. The standard InChI is InChI=1S/C20H35N5OS/c1-16(2)17-14-27-18(24-17)13-22-19(21-3)23-15-20(7-5-4-6-8-20)25-9-11-26-12-10-25/h14,16H,4-13,15H2,1-3H3,(H2,21,22,23). The highest BCUT2D eigenvalue weighted by Gasteiger charge is 2.38. The van der Waals surface area contributed by atoms with Crippen molar-refractivity contribution in [2.24, 2.45) is 4.99 Å². The van der Waals surface area contributed by atoms with Crippen LogP contribution in [0.25, 0.3) is 0 Å². The molecule has 27 heavy (non-hydrogen) atoms. The number of aliphatic imine (C=N–C) groups is 1. The van der Waals surface area contributed by atoms with Gasteiger partial charge in [0.15, 0.2) is 5.96 Å². The summed E-state index contributed by atoms with van der Waals surface area (Å²) in [5, 5.41) is 10.3. The molecule has 0 aromatic carbocycles. The molecule has 0 amide bonds. The van der Waals surface area contributed by atoms with Gasteiger partial charge in [0, 0.05) is 37.6 Å². The summed E-state index contributed by atoms with van der Waals surface area (Å²) in [6.07, 6.45) is 6.54. The Balaban J connectivity index is 1.55. The van der Waals surface area contributed by atoms with Crippen LogP contribution in [0.3, 0.4) is 0 Å². The lowest BCUT2D eigenvalue weighted by atomic mass is 9.80. The van der Waals surface area contributed by atoms with Crippen LogP contribution in [0.5, 0.6) is 0 Å². The van der Waals surface area contributed by atoms with E-state index in [0.29, 0.717) is 5.92 Å². The molecule has 0 spiro atoms. The van der Waals surface area contributed by atoms with E-state index in [0.717, 1.165) is 50.4 Å². The van der Waals surface area contributed by atoms with Crippen molar-refractivity contribution in [2.75, 3.05) is 39.9 Å². The smallest absolute Gasteiger partial charge is 0.191 e. The van der Waals surface area contributed by atoms with Crippen LogP contribution in [0.2, 0.25) is 0 Å². The summed E-state index contributed by atoms with van der Waals surface area (Å²) in [7, 11) is 1.85. The average Bonchev–Trinajstić information content (AvgIpc) is 3.19. The number of rotatable bonds is 6. The molecule has 2 heterocycles. The van der Waals surface area contributed by atoms with Gasteiger partial charge in [-0.25, -0.2) is 4.98 Å². The number of nitrogens with zero attached hydrogens (tertiary/aromatic N) is 3. The van der Waals surface area contributed by atoms with Gasteiger partial charge in [0.1, 0.15) is 5.01 Å². The zero-order valence-corrected chi connectivity index (χ0v) is 17.9. The minimum atomic E-state index is 0.242. The van der Waals surface area contributed by atoms with Gasteiger partial charge in [0.25, 0.3) is 0 Å². The van der Waals surface area contributed by atoms with E-state index in [2.05, 4.69) is 39.8 Å². The molecular weight excluding hydrogens is 358 g/mol. The van der Waals surface area contributed by atoms with Crippen LogP contribution < -0.4 is 10.6 Å². The molecule has 1 saturated carbocycles. The van der Waals surface area contributed by atoms with Crippen LogP contribution in [0.15, 0.2) is 10.4 Å². The fourth-order valence-corrected chi connectivity index (χ4v) is 5.05. The zero-order chi connectivity index (χ0) is 19.1. The minimum absolute atomic E-state index is 0.242. The monoisotopic (exact) mass is 393 g/mol. The van der Waals surface area contributed by atoms with Crippen molar-refractivity contribution in [2.45, 2.75) is 64.0 Å². The third kappa shape index (κ3) is 5.42. The molecular formula is C20H35N5OS. The van der Waals surface area contributed by atoms with Gasteiger partial charge < -0.3 is 15.4 Å². The van der Waals surface area contributed by atoms with E-state index in [1.54, 1.807) is 11.3 Å². The van der Waals surface area contributed by atoms with Crippen LogP contribution in [-0.2, 0) is 11.3 Å². The van der Waals surface area contributed by atoms with E-state index in [9.17, 15) is 0 Å². The number of guanidine groups is 1. The molecule has 0 atom stereocenters. The summed E-state index contributed by atoms with van der Waals surface area (Å²) >= 11 is 1.72. The molecule has 3 rings (SSSR count). The Morgan fingerprint density at radius 1 is 1.26 bits per heavy atom. The Bertz CT molecular complexity index is 603. The van der Waals surface area contributed by atoms with E-state index in [1.165, 1.54) is 37.8 Å². The number of morpholine rings is 1. The first-order valence-corrected chi connectivity index (χ1v) is 11.2. The second kappa shape index (κ2) is 9.85. The first kappa shape index (κ1) is 20.6. The second-order valence-corrected chi connectivity index (χ2v) is 8.93. The Labute approximate surface area is 167 Å². The van der Waals surface area contributed by atoms with E-state index in [1.807, 2.05) is 7.05 Å². The minimum Gasteiger partial charge on any atom is -0.379 e. The maximum absolute atomic E-state index is 5.58. The molecule has 1 aliphatic carbocycles. The van der Waals surface area contributed by atoms with Crippen molar-refractivity contribution >= 4 is 17.3 Å². The Kier molecular flexibility index (Phi) is 7.49. The van der Waals surface area contributed by atoms with Gasteiger partial charge in [-0.1, -0.05) is 33.1 Å². The number of hydrogen-bond donors (Lipinski definition) is 2. The molecule has 1 aliphatic heterocycles. The first-order chi connectivity index (χ1) is 13.1. The third-order valence-electron chi connectivity index (χ3n) is 5.84. The molecule has 2 N–H and O–H groups in total. The van der Waals surface area contributed by atoms with E-state index in [-0.39, 0.29) is 5.54 Å². The van der Waals surface area contributed by atoms with E-state index < -0.39 is 0 Å². The van der Waals surface area contributed by atoms with Gasteiger partial charge in [-0.05, 0) is 18.8 Å². The van der Waals surface area contributed by atoms with Crippen molar-refractivity contribution in [1.82, 2.24) is 20.5 Å². The second-order valence-electron chi connectivity index (χ2n) is 7.98. The predicted molar refractivity (Wildman–Crippen MR) is 113 cm³/mol. The molecule has 0 unspecified atom stereocenters. The lowest BCUT2D eigenvalue weighted by molar-refractivity contribution is -0.0352. The normalized spacial score (nSPS) is 21.4. The molecule has 2 fully saturated rings. The fraction of sp³-hybridized carbons (Fsp3) is 0.800. The SMILES string of the molecule is CN=C(NCc1nc(C(C)C)cs1)NCC1(N2CCOCC2)CCCCC1. The number of nitrogens with one attached hydrogen (secondary N) is 2. The van der Waals surface area contributed by atoms with E-state index in [4.69, 9.17) is 9.72 Å². The summed E-state index contributed by atoms with van der Waals surface area (Å²) in [5.74, 6) is 1.35. The summed E-state index contributed by atoms with van der Waals surface area (Å²) in [5.41, 5.74) is 1.42. The van der Waals surface area contributed by atoms with Crippen LogP contribution in [0, 0.1) is 0 Å². The number of ether oxygens (including phenoxy) is 1. The van der Waals surface area contributed by atoms with Gasteiger partial charge in [0.2, 0.25) is 0 Å². The summed E-state index contributed by atoms with van der Waals surface area (Å²) < 4.78 is 5.58. The van der Waals surface area contributed by atoms with Crippen LogP contribution in [0.1, 0.15) is 62.6 Å². The van der Waals surface area contributed by atoms with Gasteiger partial charge in [-0.2, -0.15) is 0 Å². The van der Waals surface area contributed by atoms with Gasteiger partial charge >= 0.3 is 0 Å². The average molecular weight is 394 g/mol. The maximum atomic E-state index is 5.58. The fourth-order valence-electron chi connectivity index (χ4n) is 4.15. The largest absolute Gasteiger partial charge is 0.379 e.